The van der Waals surface area contributed by atoms with Gasteiger partial charge in [-0.15, -0.1) is 0 Å². The van der Waals surface area contributed by atoms with Gasteiger partial charge in [-0.25, -0.2) is 0 Å². The molecule has 0 spiro atoms. The van der Waals surface area contributed by atoms with Gasteiger partial charge in [-0.2, -0.15) is 0 Å². The molecule has 0 fully saturated rings. The first-order chi connectivity index (χ1) is 20.7. The Morgan fingerprint density at radius 2 is 1.26 bits per heavy atom. The molecule has 0 bridgehead atoms. The number of rotatable bonds is 4. The van der Waals surface area contributed by atoms with Crippen molar-refractivity contribution in [3.63, 3.8) is 0 Å². The van der Waals surface area contributed by atoms with Crippen LogP contribution in [0.2, 0.25) is 0 Å². The molecule has 7 aromatic rings. The maximum atomic E-state index is 4.73. The van der Waals surface area contributed by atoms with E-state index < -0.39 is 0 Å². The van der Waals surface area contributed by atoms with E-state index in [0.29, 0.717) is 0 Å². The van der Waals surface area contributed by atoms with Gasteiger partial charge in [-0.3, -0.25) is 0 Å². The molecule has 0 saturated carbocycles. The summed E-state index contributed by atoms with van der Waals surface area (Å²) in [5, 5.41) is 7.68. The molecule has 0 aromatic heterocycles. The van der Waals surface area contributed by atoms with Crippen molar-refractivity contribution in [2.45, 2.75) is 13.3 Å². The van der Waals surface area contributed by atoms with E-state index in [1.165, 1.54) is 82.4 Å². The van der Waals surface area contributed by atoms with Crippen LogP contribution >= 0.6 is 0 Å². The second-order valence-corrected chi connectivity index (χ2v) is 11.5. The lowest BCUT2D eigenvalue weighted by Gasteiger charge is -2.19. The zero-order valence-corrected chi connectivity index (χ0v) is 23.7. The molecule has 0 N–H and O–H groups in total. The maximum Gasteiger partial charge on any atom is -0.00194 e. The van der Waals surface area contributed by atoms with Crippen LogP contribution in [0.3, 0.4) is 0 Å². The maximum absolute atomic E-state index is 4.73. The van der Waals surface area contributed by atoms with Gasteiger partial charge >= 0.3 is 0 Å². The molecule has 1 aliphatic rings. The Kier molecular flexibility index (Phi) is 5.69. The topological polar surface area (TPSA) is 0 Å². The third-order valence-corrected chi connectivity index (χ3v) is 8.94. The average Bonchev–Trinajstić information content (AvgIpc) is 3.31. The molecular formula is C42H30. The Morgan fingerprint density at radius 3 is 2.07 bits per heavy atom. The molecule has 0 atom stereocenters. The summed E-state index contributed by atoms with van der Waals surface area (Å²) in [6, 6.07) is 51.2. The normalized spacial score (nSPS) is 13.8. The second-order valence-electron chi connectivity index (χ2n) is 11.5. The first kappa shape index (κ1) is 24.6. The van der Waals surface area contributed by atoms with Crippen molar-refractivity contribution < 1.29 is 0 Å². The van der Waals surface area contributed by atoms with Crippen molar-refractivity contribution in [1.82, 2.24) is 0 Å². The monoisotopic (exact) mass is 534 g/mol. The number of hydrogen-bond donors (Lipinski definition) is 0. The zero-order valence-electron chi connectivity index (χ0n) is 23.7. The molecule has 7 aromatic carbocycles. The molecule has 0 heterocycles. The van der Waals surface area contributed by atoms with E-state index in [1.54, 1.807) is 0 Å². The first-order valence-corrected chi connectivity index (χ1v) is 14.7. The van der Waals surface area contributed by atoms with Gasteiger partial charge in [0.25, 0.3) is 0 Å². The molecule has 8 rings (SSSR count). The van der Waals surface area contributed by atoms with Gasteiger partial charge in [0.2, 0.25) is 0 Å². The van der Waals surface area contributed by atoms with E-state index >= 15 is 0 Å². The van der Waals surface area contributed by atoms with Crippen LogP contribution in [0.5, 0.6) is 0 Å². The zero-order chi connectivity index (χ0) is 28.2. The van der Waals surface area contributed by atoms with Gasteiger partial charge in [0.05, 0.1) is 0 Å². The summed E-state index contributed by atoms with van der Waals surface area (Å²) in [6.45, 7) is 6.93. The molecule has 198 valence electrons. The van der Waals surface area contributed by atoms with Crippen LogP contribution < -0.4 is 0 Å². The Labute approximate surface area is 246 Å². The summed E-state index contributed by atoms with van der Waals surface area (Å²) in [6.07, 6.45) is 0.855. The van der Waals surface area contributed by atoms with Crippen LogP contribution in [-0.4, -0.2) is 0 Å². The van der Waals surface area contributed by atoms with Crippen LogP contribution in [-0.2, 0) is 6.42 Å². The minimum Gasteiger partial charge on any atom is -0.0905 e. The van der Waals surface area contributed by atoms with Gasteiger partial charge in [0, 0.05) is 0 Å². The highest BCUT2D eigenvalue weighted by atomic mass is 14.3. The fourth-order valence-electron chi connectivity index (χ4n) is 6.86. The number of benzene rings is 7. The predicted molar refractivity (Wildman–Crippen MR) is 181 cm³/mol. The Hall–Kier alpha value is -5.20. The molecule has 0 unspecified atom stereocenters. The predicted octanol–water partition coefficient (Wildman–Crippen LogP) is 11.0. The standard InChI is InChI=1S/C42H30/c1-27-18-23-39-40(28(2)37-17-9-16-36(27)42(37)39)41(35-22-21-31-11-4-6-13-33(31)26-35)38-15-8-7-14-34(38)25-29-19-20-30-10-3-5-12-32(30)24-29/h3-24,26H,2,25H2,1H3/b41-40+. The Balaban J connectivity index is 1.40. The first-order valence-electron chi connectivity index (χ1n) is 14.7. The van der Waals surface area contributed by atoms with Crippen molar-refractivity contribution in [3.05, 3.63) is 185 Å². The number of fused-ring (bicyclic) bond motifs is 2. The van der Waals surface area contributed by atoms with E-state index in [2.05, 4.69) is 146 Å². The number of allylic oxidation sites excluding steroid dienone is 2. The van der Waals surface area contributed by atoms with Crippen molar-refractivity contribution in [3.8, 4) is 0 Å². The van der Waals surface area contributed by atoms with E-state index in [4.69, 9.17) is 6.58 Å². The Morgan fingerprint density at radius 1 is 0.571 bits per heavy atom. The molecule has 1 aliphatic carbocycles. The summed E-state index contributed by atoms with van der Waals surface area (Å²) in [7, 11) is 0. The highest BCUT2D eigenvalue weighted by Crippen LogP contribution is 2.50. The van der Waals surface area contributed by atoms with Gasteiger partial charge in [-0.1, -0.05) is 140 Å². The largest absolute Gasteiger partial charge is 0.0905 e. The minimum atomic E-state index is 0.855. The van der Waals surface area contributed by atoms with Gasteiger partial charge in [0.1, 0.15) is 0 Å². The lowest BCUT2D eigenvalue weighted by molar-refractivity contribution is 1.19. The quantitative estimate of drug-likeness (QED) is 0.211. The summed E-state index contributed by atoms with van der Waals surface area (Å²) in [5.74, 6) is 0. The lowest BCUT2D eigenvalue weighted by Crippen LogP contribution is -2.00. The number of aryl methyl sites for hydroxylation is 1. The van der Waals surface area contributed by atoms with Crippen LogP contribution in [0.1, 0.15) is 38.9 Å². The summed E-state index contributed by atoms with van der Waals surface area (Å²) in [5.41, 5.74) is 12.5. The van der Waals surface area contributed by atoms with Gasteiger partial charge < -0.3 is 0 Å². The van der Waals surface area contributed by atoms with Crippen molar-refractivity contribution >= 4 is 49.0 Å². The molecule has 0 nitrogen and oxygen atoms in total. The third-order valence-electron chi connectivity index (χ3n) is 8.94. The highest BCUT2D eigenvalue weighted by Gasteiger charge is 2.28. The fraction of sp³-hybridized carbons (Fsp3) is 0.0476. The van der Waals surface area contributed by atoms with Crippen molar-refractivity contribution in [2.24, 2.45) is 0 Å². The van der Waals surface area contributed by atoms with Gasteiger partial charge in [-0.05, 0) is 107 Å². The molecule has 0 saturated heterocycles. The van der Waals surface area contributed by atoms with Crippen molar-refractivity contribution in [2.75, 3.05) is 0 Å². The molecule has 0 amide bonds. The Bertz CT molecular complexity index is 2240. The van der Waals surface area contributed by atoms with Crippen LogP contribution in [0.25, 0.3) is 49.0 Å². The number of hydrogen-bond acceptors (Lipinski definition) is 0. The molecule has 42 heavy (non-hydrogen) atoms. The van der Waals surface area contributed by atoms with E-state index in [9.17, 15) is 0 Å². The van der Waals surface area contributed by atoms with Crippen LogP contribution in [0, 0.1) is 6.92 Å². The van der Waals surface area contributed by atoms with Gasteiger partial charge in [0.15, 0.2) is 0 Å². The molecule has 0 aliphatic heterocycles. The van der Waals surface area contributed by atoms with E-state index in [1.807, 2.05) is 0 Å². The third kappa shape index (κ3) is 3.91. The summed E-state index contributed by atoms with van der Waals surface area (Å²) < 4.78 is 0. The van der Waals surface area contributed by atoms with E-state index in [0.717, 1.165) is 12.0 Å². The highest BCUT2D eigenvalue weighted by molar-refractivity contribution is 6.29. The molecule has 0 heteroatoms. The summed E-state index contributed by atoms with van der Waals surface area (Å²) in [4.78, 5) is 0. The van der Waals surface area contributed by atoms with E-state index in [-0.39, 0.29) is 0 Å². The lowest BCUT2D eigenvalue weighted by atomic mass is 9.84. The van der Waals surface area contributed by atoms with Crippen molar-refractivity contribution in [1.29, 1.82) is 0 Å². The van der Waals surface area contributed by atoms with Crippen LogP contribution in [0.15, 0.2) is 146 Å². The fourth-order valence-corrected chi connectivity index (χ4v) is 6.86. The summed E-state index contributed by atoms with van der Waals surface area (Å²) >= 11 is 0. The van der Waals surface area contributed by atoms with Crippen LogP contribution in [0.4, 0.5) is 0 Å². The average molecular weight is 535 g/mol. The SMILES string of the molecule is C=C1/C(=C(/c2ccc3ccccc3c2)c2ccccc2Cc2ccc3ccccc3c2)c2ccc(C)c3cccc1c23. The smallest absolute Gasteiger partial charge is 0.00194 e. The molecule has 0 radical (unpaired) electrons. The second kappa shape index (κ2) is 9.72. The molecular weight excluding hydrogens is 504 g/mol. The minimum absolute atomic E-state index is 0.855.